The molecule has 0 radical (unpaired) electrons. The van der Waals surface area contributed by atoms with Crippen LogP contribution in [0.3, 0.4) is 0 Å². The van der Waals surface area contributed by atoms with Crippen molar-refractivity contribution in [3.8, 4) is 0 Å². The van der Waals surface area contributed by atoms with Crippen LogP contribution in [0, 0.1) is 0 Å². The lowest BCUT2D eigenvalue weighted by molar-refractivity contribution is 0.267. The van der Waals surface area contributed by atoms with Crippen LogP contribution in [0.5, 0.6) is 0 Å². The highest BCUT2D eigenvalue weighted by Crippen LogP contribution is 2.43. The van der Waals surface area contributed by atoms with Crippen molar-refractivity contribution in [2.45, 2.75) is 13.0 Å². The molecule has 4 nitrogen and oxygen atoms in total. The number of aromatic nitrogens is 1. The van der Waals surface area contributed by atoms with Crippen molar-refractivity contribution in [2.24, 2.45) is 7.05 Å². The molecule has 28 heavy (non-hydrogen) atoms. The lowest BCUT2D eigenvalue weighted by atomic mass is 10.0. The second kappa shape index (κ2) is 7.90. The molecule has 0 N–H and O–H groups in total. The molecule has 1 aromatic heterocycles. The highest BCUT2D eigenvalue weighted by molar-refractivity contribution is 7.78. The summed E-state index contributed by atoms with van der Waals surface area (Å²) in [5, 5.41) is 1.82. The summed E-state index contributed by atoms with van der Waals surface area (Å²) in [6.07, 6.45) is 3.19. The van der Waals surface area contributed by atoms with Crippen LogP contribution in [-0.4, -0.2) is 28.7 Å². The van der Waals surface area contributed by atoms with Crippen molar-refractivity contribution in [2.75, 3.05) is 19.3 Å². The maximum atomic E-state index is 14.1. The Hall–Kier alpha value is -2.42. The molecule has 0 fully saturated rings. The Morgan fingerprint density at radius 3 is 2.14 bits per heavy atom. The zero-order valence-corrected chi connectivity index (χ0v) is 17.0. The molecule has 0 spiro atoms. The van der Waals surface area contributed by atoms with Gasteiger partial charge in [-0.15, -0.1) is 0 Å². The number of pyridine rings is 1. The molecule has 0 saturated heterocycles. The summed E-state index contributed by atoms with van der Waals surface area (Å²) < 4.78 is 15.8. The molecular weight excluding hydrogens is 367 g/mol. The second-order valence-electron chi connectivity index (χ2n) is 7.40. The van der Waals surface area contributed by atoms with Gasteiger partial charge in [0.25, 0.3) is 5.56 Å². The standard InChI is InChI=1S/C23H25N2O2P/c1-24-14-12-19-18-25(15-13-22(19)23(24)26)16-17-28(27,20-8-4-2-5-9-20)21-10-6-3-7-11-21/h2-12,14H,13,15-18H2,1H3. The first-order chi connectivity index (χ1) is 13.6. The van der Waals surface area contributed by atoms with Gasteiger partial charge in [-0.05, 0) is 18.1 Å². The van der Waals surface area contributed by atoms with Gasteiger partial charge in [-0.2, -0.15) is 0 Å². The van der Waals surface area contributed by atoms with Gasteiger partial charge in [0.15, 0.2) is 0 Å². The van der Waals surface area contributed by atoms with Crippen LogP contribution in [0.15, 0.2) is 77.7 Å². The van der Waals surface area contributed by atoms with Crippen LogP contribution in [0.2, 0.25) is 0 Å². The first-order valence-electron chi connectivity index (χ1n) is 9.68. The summed E-state index contributed by atoms with van der Waals surface area (Å²) in [4.78, 5) is 14.6. The third kappa shape index (κ3) is 3.63. The Morgan fingerprint density at radius 1 is 0.929 bits per heavy atom. The number of nitrogens with zero attached hydrogens (tertiary/aromatic N) is 2. The predicted octanol–water partition coefficient (Wildman–Crippen LogP) is 2.76. The lowest BCUT2D eigenvalue weighted by Gasteiger charge is -2.30. The average Bonchev–Trinajstić information content (AvgIpc) is 2.76. The van der Waals surface area contributed by atoms with Gasteiger partial charge in [0.05, 0.1) is 0 Å². The lowest BCUT2D eigenvalue weighted by Crippen LogP contribution is -2.37. The molecule has 5 heteroatoms. The Bertz CT molecular complexity index is 1020. The monoisotopic (exact) mass is 392 g/mol. The number of fused-ring (bicyclic) bond motifs is 1. The summed E-state index contributed by atoms with van der Waals surface area (Å²) in [5.74, 6) is 0. The van der Waals surface area contributed by atoms with Gasteiger partial charge in [0.2, 0.25) is 0 Å². The van der Waals surface area contributed by atoms with Crippen molar-refractivity contribution < 1.29 is 4.57 Å². The van der Waals surface area contributed by atoms with Crippen molar-refractivity contribution >= 4 is 17.8 Å². The van der Waals surface area contributed by atoms with E-state index < -0.39 is 7.14 Å². The van der Waals surface area contributed by atoms with Gasteiger partial charge in [-0.25, -0.2) is 0 Å². The number of hydrogen-bond donors (Lipinski definition) is 0. The minimum absolute atomic E-state index is 0.108. The van der Waals surface area contributed by atoms with Crippen LogP contribution < -0.4 is 16.2 Å². The minimum Gasteiger partial charge on any atom is -0.318 e. The summed E-state index contributed by atoms with van der Waals surface area (Å²) >= 11 is 0. The Kier molecular flexibility index (Phi) is 5.34. The van der Waals surface area contributed by atoms with Crippen LogP contribution in [0.25, 0.3) is 0 Å². The summed E-state index contributed by atoms with van der Waals surface area (Å²) in [6, 6.07) is 21.7. The first-order valence-corrected chi connectivity index (χ1v) is 11.6. The van der Waals surface area contributed by atoms with E-state index in [9.17, 15) is 9.36 Å². The smallest absolute Gasteiger partial charge is 0.253 e. The molecule has 144 valence electrons. The fourth-order valence-corrected chi connectivity index (χ4v) is 6.63. The number of rotatable bonds is 5. The van der Waals surface area contributed by atoms with Crippen LogP contribution in [-0.2, 0) is 24.6 Å². The summed E-state index contributed by atoms with van der Waals surface area (Å²) in [7, 11) is -0.903. The highest BCUT2D eigenvalue weighted by atomic mass is 31.2. The second-order valence-corrected chi connectivity index (χ2v) is 10.4. The van der Waals surface area contributed by atoms with E-state index in [0.717, 1.165) is 47.8 Å². The molecule has 0 unspecified atom stereocenters. The largest absolute Gasteiger partial charge is 0.318 e. The molecule has 2 heterocycles. The molecule has 3 aromatic rings. The number of benzene rings is 2. The fourth-order valence-electron chi connectivity index (χ4n) is 3.94. The van der Waals surface area contributed by atoms with E-state index in [1.807, 2.05) is 72.9 Å². The fraction of sp³-hybridized carbons (Fsp3) is 0.261. The van der Waals surface area contributed by atoms with E-state index in [0.29, 0.717) is 6.16 Å². The highest BCUT2D eigenvalue weighted by Gasteiger charge is 2.28. The van der Waals surface area contributed by atoms with E-state index in [-0.39, 0.29) is 5.56 Å². The SMILES string of the molecule is Cn1ccc2c(c1=O)CCN(CCP(=O)(c1ccccc1)c1ccccc1)C2. The quantitative estimate of drug-likeness (QED) is 0.627. The van der Waals surface area contributed by atoms with Gasteiger partial charge < -0.3 is 9.13 Å². The molecule has 0 atom stereocenters. The van der Waals surface area contributed by atoms with Crippen LogP contribution in [0.1, 0.15) is 11.1 Å². The van der Waals surface area contributed by atoms with Crippen molar-refractivity contribution in [3.63, 3.8) is 0 Å². The molecule has 0 amide bonds. The van der Waals surface area contributed by atoms with Crippen molar-refractivity contribution in [1.82, 2.24) is 9.47 Å². The van der Waals surface area contributed by atoms with E-state index >= 15 is 0 Å². The molecule has 4 rings (SSSR count). The average molecular weight is 392 g/mol. The van der Waals surface area contributed by atoms with Crippen LogP contribution >= 0.6 is 7.14 Å². The topological polar surface area (TPSA) is 42.3 Å². The third-order valence-electron chi connectivity index (χ3n) is 5.62. The van der Waals surface area contributed by atoms with Gasteiger partial charge in [-0.3, -0.25) is 9.69 Å². The maximum Gasteiger partial charge on any atom is 0.253 e. The molecule has 0 aliphatic carbocycles. The number of aryl methyl sites for hydroxylation is 1. The van der Waals surface area contributed by atoms with Gasteiger partial charge in [0, 0.05) is 55.2 Å². The Balaban J connectivity index is 1.57. The first kappa shape index (κ1) is 18.9. The van der Waals surface area contributed by atoms with E-state index in [2.05, 4.69) is 4.90 Å². The van der Waals surface area contributed by atoms with Crippen molar-refractivity contribution in [1.29, 1.82) is 0 Å². The Labute approximate surface area is 165 Å². The van der Waals surface area contributed by atoms with Gasteiger partial charge in [0.1, 0.15) is 7.14 Å². The normalized spacial score (nSPS) is 14.6. The van der Waals surface area contributed by atoms with Crippen LogP contribution in [0.4, 0.5) is 0 Å². The maximum absolute atomic E-state index is 14.1. The molecule has 1 aliphatic heterocycles. The summed E-state index contributed by atoms with van der Waals surface area (Å²) in [6.45, 7) is 2.32. The van der Waals surface area contributed by atoms with Gasteiger partial charge in [-0.1, -0.05) is 60.7 Å². The molecule has 0 saturated carbocycles. The third-order valence-corrected chi connectivity index (χ3v) is 8.71. The Morgan fingerprint density at radius 2 is 1.54 bits per heavy atom. The van der Waals surface area contributed by atoms with Crippen molar-refractivity contribution in [3.05, 3.63) is 94.4 Å². The molecule has 2 aromatic carbocycles. The summed E-state index contributed by atoms with van der Waals surface area (Å²) in [5.41, 5.74) is 2.13. The zero-order chi connectivity index (χ0) is 19.6. The van der Waals surface area contributed by atoms with Gasteiger partial charge >= 0.3 is 0 Å². The zero-order valence-electron chi connectivity index (χ0n) is 16.1. The minimum atomic E-state index is -2.70. The molecule has 0 bridgehead atoms. The van der Waals surface area contributed by atoms with E-state index in [1.165, 1.54) is 0 Å². The van der Waals surface area contributed by atoms with E-state index in [4.69, 9.17) is 0 Å². The number of hydrogen-bond acceptors (Lipinski definition) is 3. The molecule has 1 aliphatic rings. The van der Waals surface area contributed by atoms with E-state index in [1.54, 1.807) is 11.6 Å². The molecular formula is C23H25N2O2P. The predicted molar refractivity (Wildman–Crippen MR) is 115 cm³/mol.